The first-order chi connectivity index (χ1) is 10.7. The molecule has 2 saturated heterocycles. The van der Waals surface area contributed by atoms with Gasteiger partial charge in [-0.05, 0) is 57.8 Å². The fraction of sp³-hybridized carbons (Fsp3) is 0.684. The van der Waals surface area contributed by atoms with Crippen molar-refractivity contribution in [2.45, 2.75) is 45.2 Å². The molecule has 122 valence electrons. The lowest BCUT2D eigenvalue weighted by molar-refractivity contribution is 0.131. The summed E-state index contributed by atoms with van der Waals surface area (Å²) < 4.78 is 0. The molecule has 0 bridgehead atoms. The van der Waals surface area contributed by atoms with Crippen molar-refractivity contribution in [3.63, 3.8) is 0 Å². The summed E-state index contributed by atoms with van der Waals surface area (Å²) in [5.74, 6) is 0.926. The molecule has 1 N–H and O–H groups in total. The van der Waals surface area contributed by atoms with Crippen molar-refractivity contribution in [2.75, 3.05) is 31.1 Å². The number of piperidine rings is 1. The molecule has 2 aliphatic rings. The van der Waals surface area contributed by atoms with E-state index >= 15 is 0 Å². The molecule has 3 heteroatoms. The van der Waals surface area contributed by atoms with Crippen LogP contribution in [-0.4, -0.2) is 48.3 Å². The number of nitrogens with zero attached hydrogens (tertiary/aromatic N) is 2. The Labute approximate surface area is 134 Å². The van der Waals surface area contributed by atoms with Gasteiger partial charge in [0.15, 0.2) is 0 Å². The predicted octanol–water partition coefficient (Wildman–Crippen LogP) is 2.99. The summed E-state index contributed by atoms with van der Waals surface area (Å²) in [6.07, 6.45) is 4.05. The van der Waals surface area contributed by atoms with Crippen LogP contribution in [0.25, 0.3) is 0 Å². The molecule has 0 aliphatic carbocycles. The molecule has 0 radical (unpaired) electrons. The normalized spacial score (nSPS) is 33.3. The summed E-state index contributed by atoms with van der Waals surface area (Å²) in [5.41, 5.74) is 1.29. The van der Waals surface area contributed by atoms with Crippen LogP contribution < -0.4 is 4.90 Å². The SMILES string of the molecule is CC1C(CO)C(CN2CCCCC2)C(C)N1c1ccccc1. The third-order valence-corrected chi connectivity index (χ3v) is 5.85. The largest absolute Gasteiger partial charge is 0.396 e. The fourth-order valence-corrected chi connectivity index (χ4v) is 4.59. The zero-order valence-electron chi connectivity index (χ0n) is 14.0. The maximum Gasteiger partial charge on any atom is 0.0482 e. The lowest BCUT2D eigenvalue weighted by Crippen LogP contribution is -2.40. The molecule has 2 heterocycles. The Morgan fingerprint density at radius 3 is 2.23 bits per heavy atom. The third kappa shape index (κ3) is 3.02. The van der Waals surface area contributed by atoms with Gasteiger partial charge in [-0.25, -0.2) is 0 Å². The summed E-state index contributed by atoms with van der Waals surface area (Å²) in [4.78, 5) is 5.14. The predicted molar refractivity (Wildman–Crippen MR) is 92.2 cm³/mol. The van der Waals surface area contributed by atoms with Crippen LogP contribution in [0, 0.1) is 11.8 Å². The first kappa shape index (κ1) is 15.8. The molecular formula is C19H30N2O. The van der Waals surface area contributed by atoms with Crippen molar-refractivity contribution >= 4 is 5.69 Å². The molecule has 0 saturated carbocycles. The molecule has 3 rings (SSSR count). The van der Waals surface area contributed by atoms with E-state index in [1.54, 1.807) is 0 Å². The second-order valence-corrected chi connectivity index (χ2v) is 7.10. The Balaban J connectivity index is 1.77. The quantitative estimate of drug-likeness (QED) is 0.926. The average molecular weight is 302 g/mol. The van der Waals surface area contributed by atoms with Crippen LogP contribution in [0.4, 0.5) is 5.69 Å². The molecule has 4 atom stereocenters. The highest BCUT2D eigenvalue weighted by Crippen LogP contribution is 2.39. The van der Waals surface area contributed by atoms with E-state index in [4.69, 9.17) is 0 Å². The maximum atomic E-state index is 9.97. The zero-order valence-corrected chi connectivity index (χ0v) is 14.0. The monoisotopic (exact) mass is 302 g/mol. The van der Waals surface area contributed by atoms with E-state index < -0.39 is 0 Å². The number of benzene rings is 1. The van der Waals surface area contributed by atoms with Crippen LogP contribution in [0.3, 0.4) is 0 Å². The molecule has 0 amide bonds. The molecule has 2 aliphatic heterocycles. The Bertz CT molecular complexity index is 458. The van der Waals surface area contributed by atoms with E-state index in [1.807, 2.05) is 0 Å². The Morgan fingerprint density at radius 1 is 0.955 bits per heavy atom. The molecule has 1 aromatic rings. The minimum Gasteiger partial charge on any atom is -0.396 e. The van der Waals surface area contributed by atoms with E-state index in [-0.39, 0.29) is 0 Å². The first-order valence-corrected chi connectivity index (χ1v) is 8.89. The maximum absolute atomic E-state index is 9.97. The fourth-order valence-electron chi connectivity index (χ4n) is 4.59. The van der Waals surface area contributed by atoms with E-state index in [9.17, 15) is 5.11 Å². The number of aliphatic hydroxyl groups excluding tert-OH is 1. The number of para-hydroxylation sites is 1. The molecule has 0 aromatic heterocycles. The van der Waals surface area contributed by atoms with Gasteiger partial charge in [0.1, 0.15) is 0 Å². The Kier molecular flexibility index (Phi) is 5.04. The van der Waals surface area contributed by atoms with Gasteiger partial charge in [-0.15, -0.1) is 0 Å². The number of hydrogen-bond acceptors (Lipinski definition) is 3. The summed E-state index contributed by atoms with van der Waals surface area (Å²) in [6, 6.07) is 11.6. The van der Waals surface area contributed by atoms with E-state index in [1.165, 1.54) is 38.0 Å². The van der Waals surface area contributed by atoms with E-state index in [2.05, 4.69) is 54.0 Å². The number of anilines is 1. The minimum absolute atomic E-state index is 0.299. The summed E-state index contributed by atoms with van der Waals surface area (Å²) in [5, 5.41) is 9.97. The molecule has 3 nitrogen and oxygen atoms in total. The highest BCUT2D eigenvalue weighted by atomic mass is 16.3. The third-order valence-electron chi connectivity index (χ3n) is 5.85. The smallest absolute Gasteiger partial charge is 0.0482 e. The van der Waals surface area contributed by atoms with Crippen molar-refractivity contribution < 1.29 is 5.11 Å². The highest BCUT2D eigenvalue weighted by molar-refractivity contribution is 5.50. The average Bonchev–Trinajstić information content (AvgIpc) is 2.79. The lowest BCUT2D eigenvalue weighted by Gasteiger charge is -2.33. The zero-order chi connectivity index (χ0) is 15.5. The topological polar surface area (TPSA) is 26.7 Å². The van der Waals surface area contributed by atoms with Gasteiger partial charge < -0.3 is 14.9 Å². The van der Waals surface area contributed by atoms with Crippen LogP contribution in [0.1, 0.15) is 33.1 Å². The van der Waals surface area contributed by atoms with Crippen molar-refractivity contribution in [3.8, 4) is 0 Å². The van der Waals surface area contributed by atoms with Crippen molar-refractivity contribution in [3.05, 3.63) is 30.3 Å². The summed E-state index contributed by atoms with van der Waals surface area (Å²) >= 11 is 0. The van der Waals surface area contributed by atoms with Crippen molar-refractivity contribution in [1.82, 2.24) is 4.90 Å². The lowest BCUT2D eigenvalue weighted by atomic mass is 9.87. The molecule has 4 unspecified atom stereocenters. The van der Waals surface area contributed by atoms with Crippen LogP contribution >= 0.6 is 0 Å². The van der Waals surface area contributed by atoms with Gasteiger partial charge in [0.05, 0.1) is 0 Å². The Hall–Kier alpha value is -1.06. The van der Waals surface area contributed by atoms with E-state index in [0.29, 0.717) is 30.5 Å². The molecule has 2 fully saturated rings. The van der Waals surface area contributed by atoms with Crippen molar-refractivity contribution in [1.29, 1.82) is 0 Å². The van der Waals surface area contributed by atoms with Gasteiger partial charge in [0.25, 0.3) is 0 Å². The van der Waals surface area contributed by atoms with Gasteiger partial charge in [-0.2, -0.15) is 0 Å². The minimum atomic E-state index is 0.299. The van der Waals surface area contributed by atoms with Gasteiger partial charge in [-0.3, -0.25) is 0 Å². The number of rotatable bonds is 4. The van der Waals surface area contributed by atoms with Crippen LogP contribution in [0.15, 0.2) is 30.3 Å². The summed E-state index contributed by atoms with van der Waals surface area (Å²) in [7, 11) is 0. The van der Waals surface area contributed by atoms with Gasteiger partial charge >= 0.3 is 0 Å². The first-order valence-electron chi connectivity index (χ1n) is 8.89. The molecule has 22 heavy (non-hydrogen) atoms. The number of aliphatic hydroxyl groups is 1. The molecular weight excluding hydrogens is 272 g/mol. The second kappa shape index (κ2) is 7.01. The van der Waals surface area contributed by atoms with Gasteiger partial charge in [0.2, 0.25) is 0 Å². The Morgan fingerprint density at radius 2 is 1.59 bits per heavy atom. The highest BCUT2D eigenvalue weighted by Gasteiger charge is 2.44. The standard InChI is InChI=1S/C19H30N2O/c1-15-18(13-20-11-7-4-8-12-20)19(14-22)16(2)21(15)17-9-5-3-6-10-17/h3,5-6,9-10,15-16,18-19,22H,4,7-8,11-14H2,1-2H3. The van der Waals surface area contributed by atoms with Crippen LogP contribution in [0.2, 0.25) is 0 Å². The number of hydrogen-bond donors (Lipinski definition) is 1. The van der Waals surface area contributed by atoms with Gasteiger partial charge in [0, 0.05) is 36.8 Å². The van der Waals surface area contributed by atoms with Gasteiger partial charge in [-0.1, -0.05) is 24.6 Å². The van der Waals surface area contributed by atoms with Crippen molar-refractivity contribution in [2.24, 2.45) is 11.8 Å². The molecule has 0 spiro atoms. The van der Waals surface area contributed by atoms with E-state index in [0.717, 1.165) is 6.54 Å². The molecule has 1 aromatic carbocycles. The van der Waals surface area contributed by atoms with Crippen LogP contribution in [0.5, 0.6) is 0 Å². The summed E-state index contributed by atoms with van der Waals surface area (Å²) in [6.45, 7) is 8.53. The second-order valence-electron chi connectivity index (χ2n) is 7.10. The number of likely N-dealkylation sites (tertiary alicyclic amines) is 1. The van der Waals surface area contributed by atoms with Crippen LogP contribution in [-0.2, 0) is 0 Å².